The molecule has 3 fully saturated rings. The van der Waals surface area contributed by atoms with Crippen molar-refractivity contribution in [3.05, 3.63) is 40.9 Å². The molecule has 2 amide bonds. The van der Waals surface area contributed by atoms with E-state index in [4.69, 9.17) is 0 Å². The smallest absolute Gasteiger partial charge is 0.228 e. The minimum Gasteiger partial charge on any atom is -0.356 e. The van der Waals surface area contributed by atoms with E-state index in [1.165, 1.54) is 19.5 Å². The molecule has 1 aromatic rings. The van der Waals surface area contributed by atoms with Gasteiger partial charge in [0, 0.05) is 16.7 Å². The van der Waals surface area contributed by atoms with Crippen molar-refractivity contribution in [1.82, 2.24) is 10.2 Å². The summed E-state index contributed by atoms with van der Waals surface area (Å²) in [6.45, 7) is 4.29. The van der Waals surface area contributed by atoms with Gasteiger partial charge >= 0.3 is 0 Å². The number of carbonyl (C=O) groups excluding carboxylic acids is 2. The Labute approximate surface area is 186 Å². The van der Waals surface area contributed by atoms with Crippen molar-refractivity contribution in [2.75, 3.05) is 31.5 Å². The molecule has 0 aromatic heterocycles. The lowest BCUT2D eigenvalue weighted by Gasteiger charge is -2.30. The van der Waals surface area contributed by atoms with Crippen molar-refractivity contribution in [2.45, 2.75) is 32.1 Å². The highest BCUT2D eigenvalue weighted by Crippen LogP contribution is 2.72. The highest BCUT2D eigenvalue weighted by molar-refractivity contribution is 9.10. The summed E-state index contributed by atoms with van der Waals surface area (Å²) >= 11 is 3.43. The van der Waals surface area contributed by atoms with Gasteiger partial charge in [0.05, 0.1) is 11.8 Å². The van der Waals surface area contributed by atoms with Gasteiger partial charge in [-0.2, -0.15) is 0 Å². The molecular formula is C24H30BrN3O2. The first-order valence-corrected chi connectivity index (χ1v) is 12.1. The van der Waals surface area contributed by atoms with Gasteiger partial charge in [-0.3, -0.25) is 9.59 Å². The summed E-state index contributed by atoms with van der Waals surface area (Å²) in [5.41, 5.74) is 0.950. The third kappa shape index (κ3) is 3.62. The summed E-state index contributed by atoms with van der Waals surface area (Å²) in [5, 5.41) is 6.23. The second-order valence-corrected chi connectivity index (χ2v) is 10.3. The number of nitrogens with zero attached hydrogens (tertiary/aromatic N) is 1. The molecule has 6 heteroatoms. The monoisotopic (exact) mass is 471 g/mol. The van der Waals surface area contributed by atoms with Gasteiger partial charge in [0.2, 0.25) is 11.8 Å². The van der Waals surface area contributed by atoms with Crippen LogP contribution in [0.4, 0.5) is 5.69 Å². The predicted molar refractivity (Wildman–Crippen MR) is 121 cm³/mol. The number of hydrogen-bond donors (Lipinski definition) is 2. The van der Waals surface area contributed by atoms with Gasteiger partial charge in [0.15, 0.2) is 0 Å². The van der Waals surface area contributed by atoms with Gasteiger partial charge in [0.25, 0.3) is 0 Å². The zero-order valence-electron chi connectivity index (χ0n) is 17.3. The molecule has 4 aliphatic rings. The van der Waals surface area contributed by atoms with E-state index in [-0.39, 0.29) is 40.9 Å². The lowest BCUT2D eigenvalue weighted by molar-refractivity contribution is -0.132. The first-order valence-electron chi connectivity index (χ1n) is 11.3. The first-order chi connectivity index (χ1) is 14.6. The van der Waals surface area contributed by atoms with E-state index in [1.807, 2.05) is 24.3 Å². The number of rotatable bonds is 8. The number of unbranched alkanes of at least 4 members (excludes halogenated alkanes) is 1. The summed E-state index contributed by atoms with van der Waals surface area (Å²) in [4.78, 5) is 28.9. The predicted octanol–water partition coefficient (Wildman–Crippen LogP) is 3.82. The summed E-state index contributed by atoms with van der Waals surface area (Å²) in [7, 11) is 0. The number of nitrogens with one attached hydrogen (secondary N) is 2. The molecule has 2 N–H and O–H groups in total. The van der Waals surface area contributed by atoms with Gasteiger partial charge in [0.1, 0.15) is 0 Å². The fourth-order valence-corrected chi connectivity index (χ4v) is 6.13. The second-order valence-electron chi connectivity index (χ2n) is 9.41. The van der Waals surface area contributed by atoms with Crippen molar-refractivity contribution in [1.29, 1.82) is 0 Å². The number of benzene rings is 1. The lowest BCUT2D eigenvalue weighted by Crippen LogP contribution is -2.42. The Morgan fingerprint density at radius 3 is 2.27 bits per heavy atom. The molecule has 0 radical (unpaired) electrons. The number of hydrogen-bond acceptors (Lipinski definition) is 3. The molecule has 0 unspecified atom stereocenters. The summed E-state index contributed by atoms with van der Waals surface area (Å²) < 4.78 is 0.978. The van der Waals surface area contributed by atoms with Gasteiger partial charge in [-0.15, -0.1) is 0 Å². The molecule has 1 aliphatic heterocycles. The van der Waals surface area contributed by atoms with E-state index in [0.717, 1.165) is 42.4 Å². The van der Waals surface area contributed by atoms with Crippen LogP contribution in [-0.4, -0.2) is 42.9 Å². The number of halogens is 1. The molecular weight excluding hydrogens is 442 g/mol. The van der Waals surface area contributed by atoms with Crippen LogP contribution >= 0.6 is 15.9 Å². The van der Waals surface area contributed by atoms with Gasteiger partial charge in [-0.1, -0.05) is 28.1 Å². The molecule has 2 saturated carbocycles. The molecule has 1 spiro atoms. The van der Waals surface area contributed by atoms with Crippen molar-refractivity contribution in [3.8, 4) is 0 Å². The van der Waals surface area contributed by atoms with Crippen LogP contribution in [0, 0.1) is 29.1 Å². The Kier molecular flexibility index (Phi) is 5.48. The van der Waals surface area contributed by atoms with Crippen LogP contribution in [0.5, 0.6) is 0 Å². The zero-order chi connectivity index (χ0) is 20.7. The Morgan fingerprint density at radius 2 is 1.67 bits per heavy atom. The topological polar surface area (TPSA) is 61.4 Å². The summed E-state index contributed by atoms with van der Waals surface area (Å²) in [5.74, 6) is -0.0543. The van der Waals surface area contributed by atoms with Gasteiger partial charge < -0.3 is 15.5 Å². The molecule has 5 rings (SSSR count). The van der Waals surface area contributed by atoms with Gasteiger partial charge in [-0.25, -0.2) is 0 Å². The minimum absolute atomic E-state index is 0.0154. The number of likely N-dealkylation sites (tertiary alicyclic amines) is 1. The fourth-order valence-electron chi connectivity index (χ4n) is 5.86. The van der Waals surface area contributed by atoms with Crippen LogP contribution in [0.3, 0.4) is 0 Å². The molecule has 5 nitrogen and oxygen atoms in total. The van der Waals surface area contributed by atoms with E-state index in [2.05, 4.69) is 43.6 Å². The number of carbonyl (C=O) groups is 2. The van der Waals surface area contributed by atoms with E-state index in [1.54, 1.807) is 0 Å². The molecule has 160 valence electrons. The van der Waals surface area contributed by atoms with Crippen LogP contribution in [0.1, 0.15) is 32.1 Å². The lowest BCUT2D eigenvalue weighted by atomic mass is 9.81. The SMILES string of the molecule is O=C(NCCCCN1CCC1)[C@H]1[C@H](C(=O)Nc2ccc(Br)cc2)[C@@H]2C=C[C@H]1C21CC1. The third-order valence-electron chi connectivity index (χ3n) is 7.71. The molecule has 30 heavy (non-hydrogen) atoms. The number of anilines is 1. The largest absolute Gasteiger partial charge is 0.356 e. The first kappa shape index (κ1) is 20.3. The molecule has 4 atom stereocenters. The summed E-state index contributed by atoms with van der Waals surface area (Å²) in [6, 6.07) is 7.63. The molecule has 3 aliphatic carbocycles. The quantitative estimate of drug-likeness (QED) is 0.447. The molecule has 1 heterocycles. The van der Waals surface area contributed by atoms with Crippen LogP contribution in [0.25, 0.3) is 0 Å². The van der Waals surface area contributed by atoms with Crippen LogP contribution in [0.2, 0.25) is 0 Å². The van der Waals surface area contributed by atoms with E-state index in [9.17, 15) is 9.59 Å². The fraction of sp³-hybridized carbons (Fsp3) is 0.583. The maximum Gasteiger partial charge on any atom is 0.228 e. The van der Waals surface area contributed by atoms with Crippen molar-refractivity contribution < 1.29 is 9.59 Å². The maximum absolute atomic E-state index is 13.3. The average Bonchev–Trinajstić information content (AvgIpc) is 3.37. The van der Waals surface area contributed by atoms with Gasteiger partial charge in [-0.05, 0) is 93.3 Å². The van der Waals surface area contributed by atoms with E-state index < -0.39 is 0 Å². The standard InChI is InChI=1S/C24H30BrN3O2/c25-16-4-6-17(7-5-16)27-23(30)21-19-9-8-18(24(19)10-11-24)20(21)22(29)26-12-1-2-13-28-14-3-15-28/h4-9,18-21H,1-3,10-15H2,(H,26,29)(H,27,30)/t18-,19+,20-,21-/m1/s1. The summed E-state index contributed by atoms with van der Waals surface area (Å²) in [6.07, 6.45) is 10.1. The molecule has 1 saturated heterocycles. The third-order valence-corrected chi connectivity index (χ3v) is 8.24. The van der Waals surface area contributed by atoms with Crippen molar-refractivity contribution >= 4 is 33.4 Å². The molecule has 2 bridgehead atoms. The van der Waals surface area contributed by atoms with Crippen molar-refractivity contribution in [3.63, 3.8) is 0 Å². The maximum atomic E-state index is 13.3. The minimum atomic E-state index is -0.271. The van der Waals surface area contributed by atoms with E-state index >= 15 is 0 Å². The Bertz CT molecular complexity index is 845. The second kappa shape index (κ2) is 8.12. The zero-order valence-corrected chi connectivity index (χ0v) is 18.9. The van der Waals surface area contributed by atoms with Crippen LogP contribution < -0.4 is 10.6 Å². The Morgan fingerprint density at radius 1 is 1.00 bits per heavy atom. The normalized spacial score (nSPS) is 30.3. The average molecular weight is 472 g/mol. The number of allylic oxidation sites excluding steroid dienone is 2. The van der Waals surface area contributed by atoms with Crippen molar-refractivity contribution in [2.24, 2.45) is 29.1 Å². The molecule has 1 aromatic carbocycles. The Balaban J connectivity index is 1.22. The van der Waals surface area contributed by atoms with Crippen LogP contribution in [0.15, 0.2) is 40.9 Å². The highest BCUT2D eigenvalue weighted by Gasteiger charge is 2.69. The highest BCUT2D eigenvalue weighted by atomic mass is 79.9. The number of amides is 2. The Hall–Kier alpha value is -1.66. The van der Waals surface area contributed by atoms with E-state index in [0.29, 0.717) is 6.54 Å². The van der Waals surface area contributed by atoms with Crippen LogP contribution in [-0.2, 0) is 9.59 Å².